The van der Waals surface area contributed by atoms with Gasteiger partial charge in [0.05, 0.1) is 4.92 Å². The number of ether oxygens (including phenoxy) is 1. The van der Waals surface area contributed by atoms with Gasteiger partial charge in [-0.2, -0.15) is 5.26 Å². The smallest absolute Gasteiger partial charge is 0.339 e. The van der Waals surface area contributed by atoms with E-state index in [4.69, 9.17) is 15.1 Å². The number of carboxylic acids is 1. The fourth-order valence-electron chi connectivity index (χ4n) is 1.69. The summed E-state index contributed by atoms with van der Waals surface area (Å²) < 4.78 is 5.39. The van der Waals surface area contributed by atoms with E-state index >= 15 is 0 Å². The molecule has 0 aliphatic carbocycles. The minimum atomic E-state index is -1.16. The van der Waals surface area contributed by atoms with Crippen LogP contribution in [0.1, 0.15) is 15.9 Å². The highest BCUT2D eigenvalue weighted by Gasteiger charge is 2.16. The highest BCUT2D eigenvalue weighted by molar-refractivity contribution is 5.90. The van der Waals surface area contributed by atoms with Gasteiger partial charge in [0.2, 0.25) is 0 Å². The van der Waals surface area contributed by atoms with Crippen molar-refractivity contribution in [3.05, 3.63) is 63.7 Å². The Morgan fingerprint density at radius 3 is 2.62 bits per heavy atom. The molecular weight excluding hydrogens is 276 g/mol. The maximum atomic E-state index is 11.1. The first kappa shape index (κ1) is 14.0. The Bertz CT molecular complexity index is 764. The van der Waals surface area contributed by atoms with Crippen LogP contribution < -0.4 is 4.74 Å². The number of carbonyl (C=O) groups is 1. The van der Waals surface area contributed by atoms with Gasteiger partial charge in [-0.1, -0.05) is 12.1 Å². The van der Waals surface area contributed by atoms with E-state index in [-0.39, 0.29) is 28.3 Å². The van der Waals surface area contributed by atoms with Gasteiger partial charge in [0.25, 0.3) is 5.69 Å². The van der Waals surface area contributed by atoms with Crippen LogP contribution in [-0.4, -0.2) is 16.0 Å². The van der Waals surface area contributed by atoms with Crippen LogP contribution in [0.3, 0.4) is 0 Å². The molecule has 2 aromatic rings. The van der Waals surface area contributed by atoms with Gasteiger partial charge >= 0.3 is 5.97 Å². The molecule has 0 aromatic heterocycles. The van der Waals surface area contributed by atoms with Crippen LogP contribution in [0.4, 0.5) is 5.69 Å². The summed E-state index contributed by atoms with van der Waals surface area (Å²) in [5.41, 5.74) is -0.545. The van der Waals surface area contributed by atoms with Crippen molar-refractivity contribution in [2.75, 3.05) is 0 Å². The lowest BCUT2D eigenvalue weighted by atomic mass is 10.2. The van der Waals surface area contributed by atoms with E-state index < -0.39 is 10.9 Å². The maximum absolute atomic E-state index is 11.1. The summed E-state index contributed by atoms with van der Waals surface area (Å²) in [5, 5.41) is 28.7. The van der Waals surface area contributed by atoms with E-state index in [9.17, 15) is 14.9 Å². The lowest BCUT2D eigenvalue weighted by molar-refractivity contribution is -0.385. The Labute approximate surface area is 118 Å². The standard InChI is InChI=1S/C14H8N2O5/c15-8-9-7-10(5-6-12(9)16(19)20)21-13-4-2-1-3-11(13)14(17)18/h1-7H,(H,17,18). The van der Waals surface area contributed by atoms with Gasteiger partial charge in [-0.05, 0) is 18.2 Å². The Balaban J connectivity index is 2.40. The molecule has 0 aliphatic rings. The van der Waals surface area contributed by atoms with E-state index in [0.717, 1.165) is 6.07 Å². The molecule has 7 nitrogen and oxygen atoms in total. The largest absolute Gasteiger partial charge is 0.478 e. The molecular formula is C14H8N2O5. The third-order valence-corrected chi connectivity index (χ3v) is 2.63. The van der Waals surface area contributed by atoms with Gasteiger partial charge in [0, 0.05) is 12.1 Å². The lowest BCUT2D eigenvalue weighted by Gasteiger charge is -2.08. The zero-order valence-corrected chi connectivity index (χ0v) is 10.5. The maximum Gasteiger partial charge on any atom is 0.339 e. The summed E-state index contributed by atoms with van der Waals surface area (Å²) in [4.78, 5) is 21.1. The molecule has 0 bridgehead atoms. The van der Waals surface area contributed by atoms with E-state index in [1.54, 1.807) is 18.2 Å². The van der Waals surface area contributed by atoms with Gasteiger partial charge in [0.1, 0.15) is 28.7 Å². The van der Waals surface area contributed by atoms with Crippen LogP contribution in [0.2, 0.25) is 0 Å². The van der Waals surface area contributed by atoms with Crippen LogP contribution in [0.5, 0.6) is 11.5 Å². The van der Waals surface area contributed by atoms with Crippen molar-refractivity contribution in [2.24, 2.45) is 0 Å². The van der Waals surface area contributed by atoms with E-state index in [1.807, 2.05) is 0 Å². The van der Waals surface area contributed by atoms with E-state index in [2.05, 4.69) is 0 Å². The molecule has 104 valence electrons. The quantitative estimate of drug-likeness (QED) is 0.682. The zero-order valence-electron chi connectivity index (χ0n) is 10.5. The average molecular weight is 284 g/mol. The highest BCUT2D eigenvalue weighted by Crippen LogP contribution is 2.29. The van der Waals surface area contributed by atoms with Crippen molar-refractivity contribution < 1.29 is 19.6 Å². The number of carboxylic acid groups (broad SMARTS) is 1. The minimum Gasteiger partial charge on any atom is -0.478 e. The molecule has 0 amide bonds. The fourth-order valence-corrected chi connectivity index (χ4v) is 1.69. The summed E-state index contributed by atoms with van der Waals surface area (Å²) in [6, 6.07) is 11.3. The Kier molecular flexibility index (Phi) is 3.81. The van der Waals surface area contributed by atoms with Gasteiger partial charge in [0.15, 0.2) is 0 Å². The molecule has 2 rings (SSSR count). The molecule has 0 saturated carbocycles. The molecule has 0 radical (unpaired) electrons. The normalized spacial score (nSPS) is 9.67. The minimum absolute atomic E-state index is 0.0469. The van der Waals surface area contributed by atoms with E-state index in [1.165, 1.54) is 24.3 Å². The average Bonchev–Trinajstić information content (AvgIpc) is 2.47. The summed E-state index contributed by atoms with van der Waals surface area (Å²) in [6.45, 7) is 0. The van der Waals surface area contributed by atoms with Crippen LogP contribution in [0.25, 0.3) is 0 Å². The first-order valence-corrected chi connectivity index (χ1v) is 5.71. The predicted octanol–water partition coefficient (Wildman–Crippen LogP) is 2.96. The Morgan fingerprint density at radius 2 is 2.00 bits per heavy atom. The number of nitriles is 1. The number of rotatable bonds is 4. The molecule has 2 aromatic carbocycles. The van der Waals surface area contributed by atoms with Crippen molar-refractivity contribution in [1.29, 1.82) is 5.26 Å². The van der Waals surface area contributed by atoms with Crippen molar-refractivity contribution in [3.8, 4) is 17.6 Å². The monoisotopic (exact) mass is 284 g/mol. The third-order valence-electron chi connectivity index (χ3n) is 2.63. The van der Waals surface area contributed by atoms with Gasteiger partial charge in [-0.25, -0.2) is 4.79 Å². The zero-order chi connectivity index (χ0) is 15.4. The van der Waals surface area contributed by atoms with Crippen molar-refractivity contribution in [1.82, 2.24) is 0 Å². The van der Waals surface area contributed by atoms with Gasteiger partial charge in [-0.15, -0.1) is 0 Å². The van der Waals surface area contributed by atoms with E-state index in [0.29, 0.717) is 0 Å². The highest BCUT2D eigenvalue weighted by atomic mass is 16.6. The number of aromatic carboxylic acids is 1. The van der Waals surface area contributed by atoms with Crippen molar-refractivity contribution in [3.63, 3.8) is 0 Å². The molecule has 0 saturated heterocycles. The number of benzene rings is 2. The molecule has 0 atom stereocenters. The Morgan fingerprint density at radius 1 is 1.29 bits per heavy atom. The number of hydrogen-bond acceptors (Lipinski definition) is 5. The van der Waals surface area contributed by atoms with Crippen molar-refractivity contribution in [2.45, 2.75) is 0 Å². The first-order valence-electron chi connectivity index (χ1n) is 5.71. The van der Waals surface area contributed by atoms with Crippen LogP contribution in [0, 0.1) is 21.4 Å². The summed E-state index contributed by atoms with van der Waals surface area (Å²) in [6.07, 6.45) is 0. The molecule has 0 unspecified atom stereocenters. The van der Waals surface area contributed by atoms with Gasteiger partial charge in [-0.3, -0.25) is 10.1 Å². The molecule has 21 heavy (non-hydrogen) atoms. The number of hydrogen-bond donors (Lipinski definition) is 1. The molecule has 7 heteroatoms. The number of nitro groups is 1. The molecule has 0 spiro atoms. The molecule has 0 heterocycles. The van der Waals surface area contributed by atoms with Crippen LogP contribution >= 0.6 is 0 Å². The second kappa shape index (κ2) is 5.71. The second-order valence-electron chi connectivity index (χ2n) is 3.95. The molecule has 0 fully saturated rings. The summed E-state index contributed by atoms with van der Waals surface area (Å²) in [7, 11) is 0. The lowest BCUT2D eigenvalue weighted by Crippen LogP contribution is -2.00. The Hall–Kier alpha value is -3.40. The molecule has 0 aliphatic heterocycles. The van der Waals surface area contributed by atoms with Crippen molar-refractivity contribution >= 4 is 11.7 Å². The third kappa shape index (κ3) is 2.96. The summed E-state index contributed by atoms with van der Waals surface area (Å²) >= 11 is 0. The fraction of sp³-hybridized carbons (Fsp3) is 0. The van der Waals surface area contributed by atoms with Crippen LogP contribution in [-0.2, 0) is 0 Å². The summed E-state index contributed by atoms with van der Waals surface area (Å²) in [5.74, 6) is -0.929. The first-order chi connectivity index (χ1) is 10.0. The predicted molar refractivity (Wildman–Crippen MR) is 71.3 cm³/mol. The topological polar surface area (TPSA) is 113 Å². The van der Waals surface area contributed by atoms with Gasteiger partial charge < -0.3 is 9.84 Å². The number of nitrogens with zero attached hydrogens (tertiary/aromatic N) is 2. The van der Waals surface area contributed by atoms with Crippen LogP contribution in [0.15, 0.2) is 42.5 Å². The number of para-hydroxylation sites is 1. The SMILES string of the molecule is N#Cc1cc(Oc2ccccc2C(=O)O)ccc1[N+](=O)[O-]. The second-order valence-corrected chi connectivity index (χ2v) is 3.95. The number of nitro benzene ring substituents is 1. The molecule has 1 N–H and O–H groups in total.